The van der Waals surface area contributed by atoms with E-state index in [1.54, 1.807) is 0 Å². The van der Waals surface area contributed by atoms with Gasteiger partial charge in [0.1, 0.15) is 10.8 Å². The van der Waals surface area contributed by atoms with Gasteiger partial charge in [0.25, 0.3) is 0 Å². The molecule has 0 aliphatic carbocycles. The summed E-state index contributed by atoms with van der Waals surface area (Å²) in [5.41, 5.74) is 0.198. The normalized spacial score (nSPS) is 10.2. The van der Waals surface area contributed by atoms with Crippen molar-refractivity contribution in [3.8, 4) is 5.88 Å². The molecule has 3 nitrogen and oxygen atoms in total. The number of ether oxygens (including phenoxy) is 1. The highest BCUT2D eigenvalue weighted by atomic mass is 35.5. The predicted molar refractivity (Wildman–Crippen MR) is 65.6 cm³/mol. The lowest BCUT2D eigenvalue weighted by Gasteiger charge is -2.05. The monoisotopic (exact) mass is 285 g/mol. The van der Waals surface area contributed by atoms with Gasteiger partial charge in [0.05, 0.1) is 10.6 Å². The van der Waals surface area contributed by atoms with E-state index < -0.39 is 11.8 Å². The molecule has 0 unspecified atom stereocenters. The quantitative estimate of drug-likeness (QED) is 0.789. The lowest BCUT2D eigenvalue weighted by Crippen LogP contribution is -2.09. The number of aromatic nitrogens is 1. The van der Waals surface area contributed by atoms with Gasteiger partial charge in [0, 0.05) is 6.20 Å². The lowest BCUT2D eigenvalue weighted by atomic mass is 10.2. The fraction of sp³-hybridized carbons (Fsp3) is 0. The number of halogens is 3. The zero-order valence-corrected chi connectivity index (χ0v) is 10.4. The molecule has 18 heavy (non-hydrogen) atoms. The van der Waals surface area contributed by atoms with Crippen molar-refractivity contribution in [2.45, 2.75) is 0 Å². The Kier molecular flexibility index (Phi) is 3.79. The first-order valence-electron chi connectivity index (χ1n) is 4.85. The van der Waals surface area contributed by atoms with E-state index in [9.17, 15) is 9.18 Å². The summed E-state index contributed by atoms with van der Waals surface area (Å²) in [6, 6.07) is 6.34. The van der Waals surface area contributed by atoms with E-state index in [1.165, 1.54) is 24.4 Å². The van der Waals surface area contributed by atoms with Gasteiger partial charge in [-0.2, -0.15) is 0 Å². The number of carbonyl (C=O) groups is 1. The minimum absolute atomic E-state index is 0.0459. The van der Waals surface area contributed by atoms with Gasteiger partial charge in [0.2, 0.25) is 5.88 Å². The second kappa shape index (κ2) is 5.33. The van der Waals surface area contributed by atoms with E-state index >= 15 is 0 Å². The summed E-state index contributed by atoms with van der Waals surface area (Å²) >= 11 is 11.5. The minimum Gasteiger partial charge on any atom is -0.402 e. The molecule has 1 aromatic carbocycles. The Labute approximate surface area is 112 Å². The van der Waals surface area contributed by atoms with Crippen LogP contribution in [0.4, 0.5) is 4.39 Å². The van der Waals surface area contributed by atoms with Gasteiger partial charge in [-0.05, 0) is 30.3 Å². The summed E-state index contributed by atoms with van der Waals surface area (Å²) in [6.07, 6.45) is 1.31. The Morgan fingerprint density at radius 2 is 1.89 bits per heavy atom. The fourth-order valence-corrected chi connectivity index (χ4v) is 1.63. The number of nitrogens with zero attached hydrogens (tertiary/aromatic N) is 1. The molecule has 1 aromatic heterocycles. The Hall–Kier alpha value is -1.65. The average molecular weight is 286 g/mol. The summed E-state index contributed by atoms with van der Waals surface area (Å²) in [5.74, 6) is -1.16. The standard InChI is InChI=1S/C12H6Cl2FNO2/c13-8-5-10(14)11(16-6-8)18-12(17)7-1-3-9(15)4-2-7/h1-6H. The molecule has 0 atom stereocenters. The number of benzene rings is 1. The molecular weight excluding hydrogens is 280 g/mol. The van der Waals surface area contributed by atoms with Crippen molar-refractivity contribution in [1.82, 2.24) is 4.98 Å². The number of hydrogen-bond donors (Lipinski definition) is 0. The maximum Gasteiger partial charge on any atom is 0.344 e. The molecule has 0 spiro atoms. The highest BCUT2D eigenvalue weighted by molar-refractivity contribution is 6.35. The van der Waals surface area contributed by atoms with Crippen LogP contribution < -0.4 is 4.74 Å². The van der Waals surface area contributed by atoms with E-state index in [1.807, 2.05) is 0 Å². The molecule has 0 fully saturated rings. The molecule has 0 N–H and O–H groups in total. The average Bonchev–Trinajstić information content (AvgIpc) is 2.33. The molecule has 92 valence electrons. The SMILES string of the molecule is O=C(Oc1ncc(Cl)cc1Cl)c1ccc(F)cc1. The number of carbonyl (C=O) groups excluding carboxylic acids is 1. The largest absolute Gasteiger partial charge is 0.402 e. The van der Waals surface area contributed by atoms with Gasteiger partial charge in [-0.15, -0.1) is 0 Å². The Balaban J connectivity index is 2.18. The van der Waals surface area contributed by atoms with Crippen LogP contribution in [0.1, 0.15) is 10.4 Å². The Morgan fingerprint density at radius 3 is 2.50 bits per heavy atom. The van der Waals surface area contributed by atoms with Gasteiger partial charge >= 0.3 is 5.97 Å². The third-order valence-electron chi connectivity index (χ3n) is 2.04. The minimum atomic E-state index is -0.674. The summed E-state index contributed by atoms with van der Waals surface area (Å²) in [4.78, 5) is 15.5. The van der Waals surface area contributed by atoms with Crippen molar-refractivity contribution in [1.29, 1.82) is 0 Å². The van der Waals surface area contributed by atoms with Crippen molar-refractivity contribution >= 4 is 29.2 Å². The van der Waals surface area contributed by atoms with Crippen molar-refractivity contribution in [3.05, 3.63) is 58.0 Å². The van der Waals surface area contributed by atoms with Crippen molar-refractivity contribution in [3.63, 3.8) is 0 Å². The van der Waals surface area contributed by atoms with Crippen LogP contribution in [0.25, 0.3) is 0 Å². The molecule has 6 heteroatoms. The van der Waals surface area contributed by atoms with Crippen LogP contribution in [0.2, 0.25) is 10.0 Å². The Bertz CT molecular complexity index is 587. The third-order valence-corrected chi connectivity index (χ3v) is 2.52. The first kappa shape index (κ1) is 12.8. The second-order valence-corrected chi connectivity index (χ2v) is 4.18. The van der Waals surface area contributed by atoms with E-state index in [4.69, 9.17) is 27.9 Å². The van der Waals surface area contributed by atoms with Crippen molar-refractivity contribution in [2.75, 3.05) is 0 Å². The maximum atomic E-state index is 12.7. The van der Waals surface area contributed by atoms with Crippen LogP contribution in [0.3, 0.4) is 0 Å². The zero-order valence-electron chi connectivity index (χ0n) is 8.86. The van der Waals surface area contributed by atoms with Crippen molar-refractivity contribution in [2.24, 2.45) is 0 Å². The van der Waals surface area contributed by atoms with Gasteiger partial charge in [-0.1, -0.05) is 23.2 Å². The number of esters is 1. The number of pyridine rings is 1. The first-order chi connectivity index (χ1) is 8.56. The Morgan fingerprint density at radius 1 is 1.22 bits per heavy atom. The molecule has 0 amide bonds. The third kappa shape index (κ3) is 2.97. The molecule has 2 aromatic rings. The summed E-state index contributed by atoms with van der Waals surface area (Å²) < 4.78 is 17.6. The molecule has 1 heterocycles. The number of hydrogen-bond acceptors (Lipinski definition) is 3. The van der Waals surface area contributed by atoms with E-state index in [-0.39, 0.29) is 16.5 Å². The molecular formula is C12H6Cl2FNO2. The van der Waals surface area contributed by atoms with Gasteiger partial charge in [-0.3, -0.25) is 0 Å². The van der Waals surface area contributed by atoms with Crippen LogP contribution in [-0.2, 0) is 0 Å². The highest BCUT2D eigenvalue weighted by Crippen LogP contribution is 2.25. The first-order valence-corrected chi connectivity index (χ1v) is 5.60. The van der Waals surface area contributed by atoms with Gasteiger partial charge in [0.15, 0.2) is 0 Å². The lowest BCUT2D eigenvalue weighted by molar-refractivity contribution is 0.0727. The molecule has 0 radical (unpaired) electrons. The van der Waals surface area contributed by atoms with Crippen LogP contribution in [-0.4, -0.2) is 11.0 Å². The summed E-state index contributed by atoms with van der Waals surface area (Å²) in [7, 11) is 0. The predicted octanol–water partition coefficient (Wildman–Crippen LogP) is 3.75. The van der Waals surface area contributed by atoms with Gasteiger partial charge < -0.3 is 4.74 Å². The molecule has 0 bridgehead atoms. The van der Waals surface area contributed by atoms with E-state index in [0.717, 1.165) is 12.1 Å². The summed E-state index contributed by atoms with van der Waals surface area (Å²) in [6.45, 7) is 0. The van der Waals surface area contributed by atoms with E-state index in [2.05, 4.69) is 4.98 Å². The summed E-state index contributed by atoms with van der Waals surface area (Å²) in [5, 5.41) is 0.458. The molecule has 0 saturated carbocycles. The number of rotatable bonds is 2. The topological polar surface area (TPSA) is 39.2 Å². The fourth-order valence-electron chi connectivity index (χ4n) is 1.21. The molecule has 0 aliphatic rings. The van der Waals surface area contributed by atoms with E-state index in [0.29, 0.717) is 5.02 Å². The smallest absolute Gasteiger partial charge is 0.344 e. The van der Waals surface area contributed by atoms with Gasteiger partial charge in [-0.25, -0.2) is 14.2 Å². The van der Waals surface area contributed by atoms with Crippen LogP contribution in [0.15, 0.2) is 36.5 Å². The molecule has 2 rings (SSSR count). The molecule has 0 aliphatic heterocycles. The van der Waals surface area contributed by atoms with Crippen LogP contribution in [0, 0.1) is 5.82 Å². The highest BCUT2D eigenvalue weighted by Gasteiger charge is 2.12. The van der Waals surface area contributed by atoms with Crippen LogP contribution >= 0.6 is 23.2 Å². The second-order valence-electron chi connectivity index (χ2n) is 3.34. The van der Waals surface area contributed by atoms with Crippen LogP contribution in [0.5, 0.6) is 5.88 Å². The van der Waals surface area contributed by atoms with Crippen molar-refractivity contribution < 1.29 is 13.9 Å². The molecule has 0 saturated heterocycles. The maximum absolute atomic E-state index is 12.7. The zero-order chi connectivity index (χ0) is 13.1.